The van der Waals surface area contributed by atoms with E-state index in [0.29, 0.717) is 24.6 Å². The number of hydrogen-bond acceptors (Lipinski definition) is 4. The number of nitrogens with two attached hydrogens (primary N) is 1. The fraction of sp³-hybridized carbons (Fsp3) is 0.250. The summed E-state index contributed by atoms with van der Waals surface area (Å²) in [6.07, 6.45) is 5.05. The Bertz CT molecular complexity index is 902. The molecule has 0 aliphatic carbocycles. The Balaban J connectivity index is 1.50. The van der Waals surface area contributed by atoms with Crippen molar-refractivity contribution >= 4 is 22.5 Å². The topological polar surface area (TPSA) is 72.1 Å². The zero-order valence-corrected chi connectivity index (χ0v) is 13.9. The normalized spacial score (nSPS) is 15.4. The van der Waals surface area contributed by atoms with E-state index < -0.39 is 0 Å². The van der Waals surface area contributed by atoms with Crippen LogP contribution in [0.4, 0.5) is 5.69 Å². The number of nitrogen functional groups attached to an aromatic ring is 1. The molecule has 0 bridgehead atoms. The number of anilines is 1. The first-order valence-electron chi connectivity index (χ1n) is 8.57. The van der Waals surface area contributed by atoms with Crippen molar-refractivity contribution in [2.24, 2.45) is 0 Å². The highest BCUT2D eigenvalue weighted by molar-refractivity contribution is 5.94. The third-order valence-corrected chi connectivity index (χ3v) is 4.86. The quantitative estimate of drug-likeness (QED) is 0.782. The lowest BCUT2D eigenvalue weighted by Gasteiger charge is -2.32. The molecule has 1 fully saturated rings. The first-order valence-corrected chi connectivity index (χ1v) is 8.57. The minimum atomic E-state index is 0.0472. The highest BCUT2D eigenvalue weighted by atomic mass is 16.2. The van der Waals surface area contributed by atoms with Gasteiger partial charge in [-0.3, -0.25) is 14.8 Å². The summed E-state index contributed by atoms with van der Waals surface area (Å²) in [6.45, 7) is 1.43. The Morgan fingerprint density at radius 1 is 1.12 bits per heavy atom. The first-order chi connectivity index (χ1) is 12.2. The number of pyridine rings is 2. The van der Waals surface area contributed by atoms with Gasteiger partial charge in [-0.15, -0.1) is 0 Å². The van der Waals surface area contributed by atoms with Crippen LogP contribution in [0.1, 0.15) is 34.8 Å². The fourth-order valence-electron chi connectivity index (χ4n) is 3.50. The molecule has 3 heterocycles. The second-order valence-corrected chi connectivity index (χ2v) is 6.46. The van der Waals surface area contributed by atoms with E-state index in [2.05, 4.69) is 4.98 Å². The zero-order chi connectivity index (χ0) is 17.2. The van der Waals surface area contributed by atoms with Gasteiger partial charge in [-0.1, -0.05) is 18.2 Å². The molecular formula is C20H20N4O. The number of likely N-dealkylation sites (tertiary alicyclic amines) is 1. The molecular weight excluding hydrogens is 312 g/mol. The number of piperidine rings is 1. The lowest BCUT2D eigenvalue weighted by atomic mass is 9.91. The number of carbonyl (C=O) groups excluding carboxylic acids is 1. The van der Waals surface area contributed by atoms with E-state index in [1.54, 1.807) is 18.5 Å². The lowest BCUT2D eigenvalue weighted by Crippen LogP contribution is -2.38. The molecule has 0 radical (unpaired) electrons. The highest BCUT2D eigenvalue weighted by Crippen LogP contribution is 2.32. The van der Waals surface area contributed by atoms with Crippen molar-refractivity contribution in [1.29, 1.82) is 0 Å². The van der Waals surface area contributed by atoms with Gasteiger partial charge in [0.1, 0.15) is 0 Å². The largest absolute Gasteiger partial charge is 0.397 e. The van der Waals surface area contributed by atoms with E-state index in [-0.39, 0.29) is 5.91 Å². The average molecular weight is 332 g/mol. The average Bonchev–Trinajstić information content (AvgIpc) is 2.68. The summed E-state index contributed by atoms with van der Waals surface area (Å²) in [5.74, 6) is 0.341. The highest BCUT2D eigenvalue weighted by Gasteiger charge is 2.26. The number of benzene rings is 1. The monoisotopic (exact) mass is 332 g/mol. The van der Waals surface area contributed by atoms with Crippen molar-refractivity contribution in [2.45, 2.75) is 18.8 Å². The van der Waals surface area contributed by atoms with Crippen LogP contribution in [0.25, 0.3) is 10.9 Å². The number of nitrogens with zero attached hydrogens (tertiary/aromatic N) is 3. The first kappa shape index (κ1) is 15.6. The van der Waals surface area contributed by atoms with Crippen LogP contribution in [0.15, 0.2) is 54.9 Å². The molecule has 1 saturated heterocycles. The maximum absolute atomic E-state index is 12.5. The summed E-state index contributed by atoms with van der Waals surface area (Å²) >= 11 is 0. The minimum absolute atomic E-state index is 0.0472. The van der Waals surface area contributed by atoms with Gasteiger partial charge in [0.15, 0.2) is 0 Å². The van der Waals surface area contributed by atoms with Crippen molar-refractivity contribution in [1.82, 2.24) is 14.9 Å². The van der Waals surface area contributed by atoms with Crippen LogP contribution >= 0.6 is 0 Å². The third kappa shape index (κ3) is 3.05. The van der Waals surface area contributed by atoms with Gasteiger partial charge >= 0.3 is 0 Å². The van der Waals surface area contributed by atoms with E-state index in [4.69, 9.17) is 10.7 Å². The number of rotatable bonds is 2. The molecule has 126 valence electrons. The Kier molecular flexibility index (Phi) is 4.06. The molecule has 0 spiro atoms. The van der Waals surface area contributed by atoms with Crippen molar-refractivity contribution in [3.8, 4) is 0 Å². The van der Waals surface area contributed by atoms with E-state index in [0.717, 1.165) is 35.1 Å². The SMILES string of the molecule is Nc1cc2ccccc2nc1C1CCN(C(=O)c2cccnc2)CC1. The van der Waals surface area contributed by atoms with Crippen LogP contribution in [0.5, 0.6) is 0 Å². The smallest absolute Gasteiger partial charge is 0.255 e. The van der Waals surface area contributed by atoms with Crippen LogP contribution in [0, 0.1) is 0 Å². The second-order valence-electron chi connectivity index (χ2n) is 6.46. The van der Waals surface area contributed by atoms with Crippen molar-refractivity contribution < 1.29 is 4.79 Å². The number of hydrogen-bond donors (Lipinski definition) is 1. The van der Waals surface area contributed by atoms with Crippen molar-refractivity contribution in [2.75, 3.05) is 18.8 Å². The van der Waals surface area contributed by atoms with Crippen LogP contribution in [-0.4, -0.2) is 33.9 Å². The molecule has 1 aromatic carbocycles. The predicted octanol–water partition coefficient (Wildman–Crippen LogP) is 3.23. The fourth-order valence-corrected chi connectivity index (χ4v) is 3.50. The zero-order valence-electron chi connectivity index (χ0n) is 13.9. The van der Waals surface area contributed by atoms with Gasteiger partial charge < -0.3 is 10.6 Å². The molecule has 5 nitrogen and oxygen atoms in total. The number of fused-ring (bicyclic) bond motifs is 1. The number of aromatic nitrogens is 2. The summed E-state index contributed by atoms with van der Waals surface area (Å²) in [6, 6.07) is 13.6. The van der Waals surface area contributed by atoms with Crippen LogP contribution in [-0.2, 0) is 0 Å². The molecule has 0 unspecified atom stereocenters. The maximum Gasteiger partial charge on any atom is 0.255 e. The van der Waals surface area contributed by atoms with Crippen LogP contribution in [0.3, 0.4) is 0 Å². The molecule has 0 atom stereocenters. The van der Waals surface area contributed by atoms with Crippen LogP contribution < -0.4 is 5.73 Å². The molecule has 2 aromatic heterocycles. The second kappa shape index (κ2) is 6.51. The number of amides is 1. The summed E-state index contributed by atoms with van der Waals surface area (Å²) in [5, 5.41) is 1.06. The molecule has 1 amide bonds. The van der Waals surface area contributed by atoms with Gasteiger partial charge in [-0.2, -0.15) is 0 Å². The molecule has 1 aliphatic heterocycles. The molecule has 25 heavy (non-hydrogen) atoms. The van der Waals surface area contributed by atoms with Gasteiger partial charge in [0.05, 0.1) is 22.5 Å². The number of carbonyl (C=O) groups is 1. The summed E-state index contributed by atoms with van der Waals surface area (Å²) < 4.78 is 0. The predicted molar refractivity (Wildman–Crippen MR) is 98.3 cm³/mol. The summed E-state index contributed by atoms with van der Waals surface area (Å²) in [4.78, 5) is 23.2. The molecule has 0 saturated carbocycles. The molecule has 2 N–H and O–H groups in total. The van der Waals surface area contributed by atoms with Crippen molar-refractivity contribution in [3.63, 3.8) is 0 Å². The number of para-hydroxylation sites is 1. The molecule has 1 aliphatic rings. The van der Waals surface area contributed by atoms with Crippen LogP contribution in [0.2, 0.25) is 0 Å². The van der Waals surface area contributed by atoms with E-state index >= 15 is 0 Å². The van der Waals surface area contributed by atoms with Gasteiger partial charge in [0, 0.05) is 36.8 Å². The molecule has 5 heteroatoms. The minimum Gasteiger partial charge on any atom is -0.397 e. The molecule has 4 rings (SSSR count). The van der Waals surface area contributed by atoms with Crippen molar-refractivity contribution in [3.05, 3.63) is 66.1 Å². The summed E-state index contributed by atoms with van der Waals surface area (Å²) in [7, 11) is 0. The van der Waals surface area contributed by atoms with Gasteiger partial charge in [-0.25, -0.2) is 0 Å². The van der Waals surface area contributed by atoms with Gasteiger partial charge in [-0.05, 0) is 37.1 Å². The molecule has 3 aromatic rings. The maximum atomic E-state index is 12.5. The Morgan fingerprint density at radius 2 is 1.92 bits per heavy atom. The Hall–Kier alpha value is -2.95. The van der Waals surface area contributed by atoms with E-state index in [1.807, 2.05) is 41.3 Å². The van der Waals surface area contributed by atoms with E-state index in [9.17, 15) is 4.79 Å². The Labute approximate surface area is 146 Å². The summed E-state index contributed by atoms with van der Waals surface area (Å²) in [5.41, 5.74) is 9.58. The standard InChI is InChI=1S/C20H20N4O/c21-17-12-15-4-1-2-6-18(15)23-19(17)14-7-10-24(11-8-14)20(25)16-5-3-9-22-13-16/h1-6,9,12-14H,7-8,10-11,21H2. The van der Waals surface area contributed by atoms with E-state index in [1.165, 1.54) is 0 Å². The van der Waals surface area contributed by atoms with Gasteiger partial charge in [0.25, 0.3) is 5.91 Å². The van der Waals surface area contributed by atoms with Gasteiger partial charge in [0.2, 0.25) is 0 Å². The lowest BCUT2D eigenvalue weighted by molar-refractivity contribution is 0.0712. The third-order valence-electron chi connectivity index (χ3n) is 4.86. The Morgan fingerprint density at radius 3 is 2.68 bits per heavy atom.